The van der Waals surface area contributed by atoms with Crippen LogP contribution in [-0.4, -0.2) is 29.6 Å². The molecule has 0 saturated carbocycles. The van der Waals surface area contributed by atoms with Crippen molar-refractivity contribution < 1.29 is 13.2 Å². The van der Waals surface area contributed by atoms with Crippen molar-refractivity contribution in [1.82, 2.24) is 4.98 Å². The molecule has 1 fully saturated rings. The molecule has 0 unspecified atom stereocenters. The summed E-state index contributed by atoms with van der Waals surface area (Å²) in [6.07, 6.45) is -3.62. The molecule has 18 heavy (non-hydrogen) atoms. The van der Waals surface area contributed by atoms with Crippen molar-refractivity contribution in [2.45, 2.75) is 6.18 Å². The Morgan fingerprint density at radius 1 is 1.33 bits per heavy atom. The van der Waals surface area contributed by atoms with Gasteiger partial charge in [0.1, 0.15) is 5.82 Å². The van der Waals surface area contributed by atoms with Gasteiger partial charge in [0.15, 0.2) is 0 Å². The summed E-state index contributed by atoms with van der Waals surface area (Å²) >= 11 is 5.86. The third-order valence-corrected chi connectivity index (χ3v) is 4.29. The number of halogens is 4. The summed E-state index contributed by atoms with van der Waals surface area (Å²) in [6.45, 7) is 1.23. The summed E-state index contributed by atoms with van der Waals surface area (Å²) in [5, 5.41) is 0.0107. The van der Waals surface area contributed by atoms with E-state index in [0.717, 1.165) is 12.3 Å². The highest BCUT2D eigenvalue weighted by molar-refractivity contribution is 7.86. The van der Waals surface area contributed by atoms with Gasteiger partial charge < -0.3 is 4.90 Å². The van der Waals surface area contributed by atoms with Crippen molar-refractivity contribution in [1.29, 1.82) is 4.78 Å². The van der Waals surface area contributed by atoms with E-state index in [4.69, 9.17) is 16.4 Å². The van der Waals surface area contributed by atoms with Crippen LogP contribution in [0.15, 0.2) is 12.3 Å². The molecule has 0 aromatic carbocycles. The van der Waals surface area contributed by atoms with Gasteiger partial charge in [0, 0.05) is 30.8 Å². The van der Waals surface area contributed by atoms with E-state index >= 15 is 0 Å². The molecule has 2 rings (SSSR count). The number of aromatic nitrogens is 1. The first-order chi connectivity index (χ1) is 8.38. The third-order valence-electron chi connectivity index (χ3n) is 2.66. The van der Waals surface area contributed by atoms with Crippen molar-refractivity contribution >= 4 is 28.1 Å². The molecule has 0 amide bonds. The molecule has 2 heterocycles. The lowest BCUT2D eigenvalue weighted by Crippen LogP contribution is -2.38. The first-order valence-corrected chi connectivity index (χ1v) is 7.18. The van der Waals surface area contributed by atoms with Gasteiger partial charge in [0.25, 0.3) is 0 Å². The summed E-state index contributed by atoms with van der Waals surface area (Å²) in [5.74, 6) is 1.79. The van der Waals surface area contributed by atoms with Gasteiger partial charge >= 0.3 is 6.18 Å². The van der Waals surface area contributed by atoms with Gasteiger partial charge in [-0.1, -0.05) is 11.6 Å². The average molecular weight is 298 g/mol. The molecule has 1 aliphatic heterocycles. The summed E-state index contributed by atoms with van der Waals surface area (Å²) in [5.41, 5.74) is -0.839. The Hall–Kier alpha value is -0.820. The Morgan fingerprint density at radius 3 is 2.44 bits per heavy atom. The molecular formula is C10H11ClF3N3S. The molecule has 0 radical (unpaired) electrons. The van der Waals surface area contributed by atoms with E-state index in [2.05, 4.69) is 4.98 Å². The minimum absolute atomic E-state index is 0.0107. The van der Waals surface area contributed by atoms with E-state index in [0.29, 0.717) is 30.4 Å². The molecule has 100 valence electrons. The smallest absolute Gasteiger partial charge is 0.354 e. The first kappa shape index (κ1) is 13.6. The molecule has 1 aromatic heterocycles. The lowest BCUT2D eigenvalue weighted by Gasteiger charge is -2.29. The minimum atomic E-state index is -4.43. The maximum atomic E-state index is 12.5. The second-order valence-electron chi connectivity index (χ2n) is 3.92. The lowest BCUT2D eigenvalue weighted by molar-refractivity contribution is -0.137. The van der Waals surface area contributed by atoms with Crippen LogP contribution in [0, 0.1) is 4.78 Å². The Labute approximate surface area is 110 Å². The summed E-state index contributed by atoms with van der Waals surface area (Å²) in [4.78, 5) is 5.64. The highest BCUT2D eigenvalue weighted by Crippen LogP contribution is 2.33. The molecule has 1 N–H and O–H groups in total. The zero-order chi connectivity index (χ0) is 13.3. The summed E-state index contributed by atoms with van der Waals surface area (Å²) in [6, 6.07) is 0.902. The van der Waals surface area contributed by atoms with Crippen LogP contribution in [0.3, 0.4) is 0 Å². The van der Waals surface area contributed by atoms with Crippen molar-refractivity contribution in [3.8, 4) is 0 Å². The predicted molar refractivity (Wildman–Crippen MR) is 66.3 cm³/mol. The first-order valence-electron chi connectivity index (χ1n) is 5.24. The topological polar surface area (TPSA) is 40.0 Å². The molecular weight excluding hydrogens is 287 g/mol. The van der Waals surface area contributed by atoms with E-state index < -0.39 is 11.7 Å². The number of nitrogens with zero attached hydrogens (tertiary/aromatic N) is 2. The maximum Gasteiger partial charge on any atom is 0.417 e. The van der Waals surface area contributed by atoms with Gasteiger partial charge in [-0.2, -0.15) is 13.2 Å². The summed E-state index contributed by atoms with van der Waals surface area (Å²) < 4.78 is 45.0. The van der Waals surface area contributed by atoms with Gasteiger partial charge in [-0.3, -0.25) is 4.78 Å². The fourth-order valence-corrected chi connectivity index (χ4v) is 3.06. The standard InChI is InChI=1S/C10H11ClF3N3S/c11-8-5-7(10(12,13)14)6-16-9(8)17-1-3-18(15)4-2-17/h5-6,15H,1-4H2. The molecule has 8 heteroatoms. The molecule has 0 bridgehead atoms. The van der Waals surface area contributed by atoms with Crippen LogP contribution in [0.5, 0.6) is 0 Å². The number of nitrogens with one attached hydrogen (secondary N) is 1. The van der Waals surface area contributed by atoms with Gasteiger partial charge in [0.2, 0.25) is 0 Å². The molecule has 1 saturated heterocycles. The molecule has 0 aliphatic carbocycles. The van der Waals surface area contributed by atoms with Crippen LogP contribution < -0.4 is 4.90 Å². The van der Waals surface area contributed by atoms with Crippen LogP contribution >= 0.6 is 11.6 Å². The van der Waals surface area contributed by atoms with Crippen molar-refractivity contribution in [2.24, 2.45) is 0 Å². The van der Waals surface area contributed by atoms with Crippen molar-refractivity contribution in [3.63, 3.8) is 0 Å². The SMILES string of the molecule is N=S1CCN(c2ncc(C(F)(F)F)cc2Cl)CC1. The zero-order valence-electron chi connectivity index (χ0n) is 9.30. The van der Waals surface area contributed by atoms with Crippen LogP contribution in [0.4, 0.5) is 19.0 Å². The van der Waals surface area contributed by atoms with Gasteiger partial charge in [-0.05, 0) is 6.07 Å². The van der Waals surface area contributed by atoms with E-state index in [1.165, 1.54) is 0 Å². The molecule has 0 atom stereocenters. The van der Waals surface area contributed by atoms with Crippen molar-refractivity contribution in [2.75, 3.05) is 29.5 Å². The lowest BCUT2D eigenvalue weighted by atomic mass is 10.2. The Bertz CT molecular complexity index is 468. The number of alkyl halides is 3. The number of rotatable bonds is 1. The van der Waals surface area contributed by atoms with Crippen LogP contribution in [0.25, 0.3) is 0 Å². The highest BCUT2D eigenvalue weighted by atomic mass is 35.5. The van der Waals surface area contributed by atoms with Gasteiger partial charge in [-0.15, -0.1) is 10.7 Å². The van der Waals surface area contributed by atoms with E-state index in [-0.39, 0.29) is 15.7 Å². The molecule has 1 aliphatic rings. The monoisotopic (exact) mass is 297 g/mol. The second kappa shape index (κ2) is 5.05. The van der Waals surface area contributed by atoms with Crippen LogP contribution in [0.1, 0.15) is 5.56 Å². The molecule has 3 nitrogen and oxygen atoms in total. The van der Waals surface area contributed by atoms with Crippen LogP contribution in [0.2, 0.25) is 5.02 Å². The fraction of sp³-hybridized carbons (Fsp3) is 0.500. The second-order valence-corrected chi connectivity index (χ2v) is 6.12. The van der Waals surface area contributed by atoms with Gasteiger partial charge in [0.05, 0.1) is 10.6 Å². The van der Waals surface area contributed by atoms with E-state index in [1.54, 1.807) is 0 Å². The third kappa shape index (κ3) is 2.95. The molecule has 0 spiro atoms. The quantitative estimate of drug-likeness (QED) is 0.866. The molecule has 1 aromatic rings. The van der Waals surface area contributed by atoms with Crippen LogP contribution in [-0.2, 0) is 16.9 Å². The number of hydrogen-bond donors (Lipinski definition) is 1. The predicted octanol–water partition coefficient (Wildman–Crippen LogP) is 2.95. The Morgan fingerprint density at radius 2 is 1.94 bits per heavy atom. The largest absolute Gasteiger partial charge is 0.417 e. The minimum Gasteiger partial charge on any atom is -0.354 e. The van der Waals surface area contributed by atoms with E-state index in [9.17, 15) is 13.2 Å². The summed E-state index contributed by atoms with van der Waals surface area (Å²) in [7, 11) is -0.352. The maximum absolute atomic E-state index is 12.5. The van der Waals surface area contributed by atoms with Crippen molar-refractivity contribution in [3.05, 3.63) is 22.8 Å². The highest BCUT2D eigenvalue weighted by Gasteiger charge is 2.32. The number of anilines is 1. The fourth-order valence-electron chi connectivity index (χ4n) is 1.68. The Kier molecular flexibility index (Phi) is 3.82. The zero-order valence-corrected chi connectivity index (χ0v) is 10.9. The average Bonchev–Trinajstić information content (AvgIpc) is 2.29. The van der Waals surface area contributed by atoms with Gasteiger partial charge in [-0.25, -0.2) is 4.98 Å². The van der Waals surface area contributed by atoms with E-state index in [1.807, 2.05) is 4.90 Å². The number of hydrogen-bond acceptors (Lipinski definition) is 3. The number of pyridine rings is 1. The normalized spacial score (nSPS) is 18.1. The Balaban J connectivity index is 2.22.